The van der Waals surface area contributed by atoms with Gasteiger partial charge >= 0.3 is 0 Å². The molecule has 1 amide bonds. The molecular formula is C24H29ClN4O5S. The van der Waals surface area contributed by atoms with E-state index in [1.807, 2.05) is 12.1 Å². The molecule has 11 heteroatoms. The van der Waals surface area contributed by atoms with Crippen LogP contribution in [0.25, 0.3) is 10.2 Å². The minimum Gasteiger partial charge on any atom is -0.493 e. The lowest BCUT2D eigenvalue weighted by Gasteiger charge is -2.34. The van der Waals surface area contributed by atoms with E-state index in [-0.39, 0.29) is 5.91 Å². The van der Waals surface area contributed by atoms with Crippen molar-refractivity contribution in [3.8, 4) is 23.0 Å². The molecule has 35 heavy (non-hydrogen) atoms. The summed E-state index contributed by atoms with van der Waals surface area (Å²) in [6, 6.07) is 7.12. The number of rotatable bonds is 9. The van der Waals surface area contributed by atoms with Gasteiger partial charge < -0.3 is 29.2 Å². The highest BCUT2D eigenvalue weighted by atomic mass is 35.5. The Labute approximate surface area is 213 Å². The van der Waals surface area contributed by atoms with Crippen molar-refractivity contribution in [2.24, 2.45) is 0 Å². The summed E-state index contributed by atoms with van der Waals surface area (Å²) in [5.74, 6) is 1.78. The second kappa shape index (κ2) is 11.2. The fourth-order valence-corrected chi connectivity index (χ4v) is 5.31. The lowest BCUT2D eigenvalue weighted by molar-refractivity contribution is 0.0947. The van der Waals surface area contributed by atoms with E-state index in [1.165, 1.54) is 21.3 Å². The maximum atomic E-state index is 12.7. The SMILES string of the molecule is COc1cc(C(=O)NCCN2CCN(c3nc4c(OC)c(Cl)ccc4s3)CC2)cc(OC)c1OC. The van der Waals surface area contributed by atoms with Crippen molar-refractivity contribution >= 4 is 44.2 Å². The van der Waals surface area contributed by atoms with Crippen LogP contribution in [0.3, 0.4) is 0 Å². The second-order valence-corrected chi connectivity index (χ2v) is 9.34. The van der Waals surface area contributed by atoms with Crippen LogP contribution < -0.4 is 29.2 Å². The summed E-state index contributed by atoms with van der Waals surface area (Å²) < 4.78 is 22.5. The number of thiazole rings is 1. The molecular weight excluding hydrogens is 492 g/mol. The van der Waals surface area contributed by atoms with E-state index < -0.39 is 0 Å². The van der Waals surface area contributed by atoms with Crippen molar-refractivity contribution in [1.29, 1.82) is 0 Å². The molecule has 2 aromatic carbocycles. The normalized spacial score (nSPS) is 14.1. The van der Waals surface area contributed by atoms with Crippen LogP contribution in [0.4, 0.5) is 5.13 Å². The molecule has 0 bridgehead atoms. The highest BCUT2D eigenvalue weighted by molar-refractivity contribution is 7.22. The molecule has 3 aromatic rings. The van der Waals surface area contributed by atoms with Crippen molar-refractivity contribution in [2.75, 3.05) is 72.6 Å². The number of benzene rings is 2. The van der Waals surface area contributed by atoms with Gasteiger partial charge in [-0.2, -0.15) is 0 Å². The molecule has 1 N–H and O–H groups in total. The Hall–Kier alpha value is -2.95. The molecule has 4 rings (SSSR count). The molecule has 0 unspecified atom stereocenters. The Morgan fingerprint density at radius 3 is 2.26 bits per heavy atom. The number of anilines is 1. The number of fused-ring (bicyclic) bond motifs is 1. The van der Waals surface area contributed by atoms with Crippen LogP contribution in [-0.2, 0) is 0 Å². The van der Waals surface area contributed by atoms with Crippen LogP contribution in [0.2, 0.25) is 5.02 Å². The molecule has 9 nitrogen and oxygen atoms in total. The van der Waals surface area contributed by atoms with Crippen LogP contribution >= 0.6 is 22.9 Å². The number of piperazine rings is 1. The van der Waals surface area contributed by atoms with Crippen molar-refractivity contribution in [1.82, 2.24) is 15.2 Å². The molecule has 1 aliphatic heterocycles. The van der Waals surface area contributed by atoms with Crippen LogP contribution in [0, 0.1) is 0 Å². The molecule has 0 radical (unpaired) electrons. The predicted octanol–water partition coefficient (Wildman–Crippen LogP) is 3.54. The minimum absolute atomic E-state index is 0.190. The van der Waals surface area contributed by atoms with E-state index in [9.17, 15) is 4.79 Å². The van der Waals surface area contributed by atoms with E-state index in [0.29, 0.717) is 40.1 Å². The average molecular weight is 521 g/mol. The fraction of sp³-hybridized carbons (Fsp3) is 0.417. The summed E-state index contributed by atoms with van der Waals surface area (Å²) in [5, 5.41) is 4.52. The topological polar surface area (TPSA) is 85.4 Å². The quantitative estimate of drug-likeness (QED) is 0.458. The number of carbonyl (C=O) groups is 1. The Balaban J connectivity index is 1.30. The van der Waals surface area contributed by atoms with Gasteiger partial charge in [-0.1, -0.05) is 22.9 Å². The first-order valence-corrected chi connectivity index (χ1v) is 12.4. The number of hydrogen-bond acceptors (Lipinski definition) is 9. The monoisotopic (exact) mass is 520 g/mol. The number of amides is 1. The fourth-order valence-electron chi connectivity index (χ4n) is 4.07. The number of nitrogens with zero attached hydrogens (tertiary/aromatic N) is 3. The number of hydrogen-bond donors (Lipinski definition) is 1. The van der Waals surface area contributed by atoms with E-state index >= 15 is 0 Å². The smallest absolute Gasteiger partial charge is 0.251 e. The lowest BCUT2D eigenvalue weighted by Crippen LogP contribution is -2.48. The standard InChI is InChI=1S/C24H29ClN4O5S/c1-31-17-13-15(14-18(32-2)22(17)34-4)23(30)26-7-8-28-9-11-29(12-10-28)24-27-20-19(35-24)6-5-16(25)21(20)33-3/h5-6,13-14H,7-12H2,1-4H3,(H,26,30). The first-order valence-electron chi connectivity index (χ1n) is 11.2. The zero-order valence-electron chi connectivity index (χ0n) is 20.2. The van der Waals surface area contributed by atoms with Crippen molar-refractivity contribution < 1.29 is 23.7 Å². The summed E-state index contributed by atoms with van der Waals surface area (Å²) >= 11 is 7.88. The highest BCUT2D eigenvalue weighted by Crippen LogP contribution is 2.39. The second-order valence-electron chi connectivity index (χ2n) is 7.92. The highest BCUT2D eigenvalue weighted by Gasteiger charge is 2.22. The van der Waals surface area contributed by atoms with Crippen molar-refractivity contribution in [2.45, 2.75) is 0 Å². The number of carbonyl (C=O) groups excluding carboxylic acids is 1. The molecule has 0 aliphatic carbocycles. The van der Waals surface area contributed by atoms with Crippen LogP contribution in [-0.4, -0.2) is 83.5 Å². The first kappa shape index (κ1) is 25.2. The van der Waals surface area contributed by atoms with E-state index in [0.717, 1.165) is 48.1 Å². The van der Waals surface area contributed by atoms with E-state index in [2.05, 4.69) is 15.1 Å². The summed E-state index contributed by atoms with van der Waals surface area (Å²) in [5.41, 5.74) is 1.26. The lowest BCUT2D eigenvalue weighted by atomic mass is 10.1. The van der Waals surface area contributed by atoms with E-state index in [1.54, 1.807) is 30.6 Å². The van der Waals surface area contributed by atoms with Gasteiger partial charge in [0.05, 0.1) is 38.2 Å². The summed E-state index contributed by atoms with van der Waals surface area (Å²) in [6.45, 7) is 4.77. The average Bonchev–Trinajstić information content (AvgIpc) is 3.32. The third-order valence-corrected chi connectivity index (χ3v) is 7.32. The largest absolute Gasteiger partial charge is 0.493 e. The van der Waals surface area contributed by atoms with Gasteiger partial charge in [0.25, 0.3) is 5.91 Å². The predicted molar refractivity (Wildman–Crippen MR) is 138 cm³/mol. The summed E-state index contributed by atoms with van der Waals surface area (Å²) in [7, 11) is 6.19. The Morgan fingerprint density at radius 1 is 1.00 bits per heavy atom. The first-order chi connectivity index (χ1) is 17.0. The van der Waals surface area contributed by atoms with E-state index in [4.69, 9.17) is 35.5 Å². The zero-order valence-corrected chi connectivity index (χ0v) is 21.8. The van der Waals surface area contributed by atoms with Crippen LogP contribution in [0.15, 0.2) is 24.3 Å². The number of ether oxygens (including phenoxy) is 4. The maximum absolute atomic E-state index is 12.7. The van der Waals surface area contributed by atoms with Gasteiger partial charge in [0, 0.05) is 44.8 Å². The molecule has 0 saturated carbocycles. The molecule has 1 aromatic heterocycles. The van der Waals surface area contributed by atoms with Gasteiger partial charge in [0.1, 0.15) is 5.52 Å². The Bertz CT molecular complexity index is 1170. The molecule has 1 fully saturated rings. The van der Waals surface area contributed by atoms with Gasteiger partial charge in [-0.3, -0.25) is 9.69 Å². The summed E-state index contributed by atoms with van der Waals surface area (Å²) in [4.78, 5) is 22.1. The van der Waals surface area contributed by atoms with Gasteiger partial charge in [-0.15, -0.1) is 0 Å². The third-order valence-electron chi connectivity index (χ3n) is 5.94. The van der Waals surface area contributed by atoms with Gasteiger partial charge in [0.2, 0.25) is 5.75 Å². The molecule has 1 saturated heterocycles. The Morgan fingerprint density at radius 2 is 1.66 bits per heavy atom. The molecule has 1 aliphatic rings. The molecule has 0 spiro atoms. The van der Waals surface area contributed by atoms with Gasteiger partial charge in [-0.25, -0.2) is 4.98 Å². The van der Waals surface area contributed by atoms with Crippen LogP contribution in [0.5, 0.6) is 23.0 Å². The minimum atomic E-state index is -0.190. The van der Waals surface area contributed by atoms with Crippen molar-refractivity contribution in [3.63, 3.8) is 0 Å². The molecule has 0 atom stereocenters. The number of methoxy groups -OCH3 is 4. The number of nitrogens with one attached hydrogen (secondary N) is 1. The van der Waals surface area contributed by atoms with Crippen LogP contribution in [0.1, 0.15) is 10.4 Å². The number of halogens is 1. The third kappa shape index (κ3) is 5.34. The maximum Gasteiger partial charge on any atom is 0.251 e. The number of aromatic nitrogens is 1. The molecule has 188 valence electrons. The molecule has 2 heterocycles. The Kier molecular flexibility index (Phi) is 8.04. The van der Waals surface area contributed by atoms with Gasteiger partial charge in [0.15, 0.2) is 22.4 Å². The van der Waals surface area contributed by atoms with Crippen molar-refractivity contribution in [3.05, 3.63) is 34.9 Å². The zero-order chi connectivity index (χ0) is 24.9. The summed E-state index contributed by atoms with van der Waals surface area (Å²) in [6.07, 6.45) is 0. The van der Waals surface area contributed by atoms with Gasteiger partial charge in [-0.05, 0) is 24.3 Å².